The molecule has 0 aliphatic carbocycles. The zero-order valence-corrected chi connectivity index (χ0v) is 32.3. The number of nitrogens with zero attached hydrogens (tertiary/aromatic N) is 4. The van der Waals surface area contributed by atoms with E-state index in [9.17, 15) is 0 Å². The van der Waals surface area contributed by atoms with Crippen LogP contribution in [0.3, 0.4) is 0 Å². The van der Waals surface area contributed by atoms with Crippen molar-refractivity contribution in [1.29, 1.82) is 0 Å². The van der Waals surface area contributed by atoms with Gasteiger partial charge in [0.25, 0.3) is 0 Å². The van der Waals surface area contributed by atoms with Crippen molar-refractivity contribution >= 4 is 54.5 Å². The van der Waals surface area contributed by atoms with Gasteiger partial charge < -0.3 is 8.98 Å². The van der Waals surface area contributed by atoms with E-state index in [2.05, 4.69) is 180 Å². The van der Waals surface area contributed by atoms with E-state index < -0.39 is 0 Å². The molecule has 0 N–H and O–H groups in total. The number of rotatable bonds is 6. The van der Waals surface area contributed by atoms with E-state index in [0.717, 1.165) is 60.8 Å². The second-order valence-electron chi connectivity index (χ2n) is 15.2. The molecule has 9 aromatic carbocycles. The number of aromatic nitrogens is 4. The van der Waals surface area contributed by atoms with Crippen LogP contribution in [0.15, 0.2) is 211 Å². The van der Waals surface area contributed by atoms with Crippen molar-refractivity contribution < 1.29 is 4.42 Å². The van der Waals surface area contributed by atoms with Crippen LogP contribution in [-0.4, -0.2) is 19.5 Å². The van der Waals surface area contributed by atoms with E-state index in [1.807, 2.05) is 30.3 Å². The van der Waals surface area contributed by atoms with Crippen molar-refractivity contribution in [2.75, 3.05) is 0 Å². The number of hydrogen-bond acceptors (Lipinski definition) is 4. The summed E-state index contributed by atoms with van der Waals surface area (Å²) < 4.78 is 8.66. The lowest BCUT2D eigenvalue weighted by Gasteiger charge is -2.12. The topological polar surface area (TPSA) is 56.7 Å². The monoisotopic (exact) mass is 766 g/mol. The van der Waals surface area contributed by atoms with Gasteiger partial charge in [0.1, 0.15) is 11.2 Å². The highest BCUT2D eigenvalue weighted by molar-refractivity contribution is 6.16. The molecule has 3 aromatic heterocycles. The predicted octanol–water partition coefficient (Wildman–Crippen LogP) is 14.4. The average Bonchev–Trinajstić information content (AvgIpc) is 3.88. The molecule has 0 unspecified atom stereocenters. The minimum Gasteiger partial charge on any atom is -0.456 e. The molecule has 0 fully saturated rings. The highest BCUT2D eigenvalue weighted by Gasteiger charge is 2.19. The molecule has 0 aliphatic heterocycles. The fourth-order valence-electron chi connectivity index (χ4n) is 8.84. The van der Waals surface area contributed by atoms with E-state index in [0.29, 0.717) is 17.5 Å². The Hall–Kier alpha value is -8.15. The van der Waals surface area contributed by atoms with Crippen molar-refractivity contribution in [2.45, 2.75) is 0 Å². The Labute approximate surface area is 345 Å². The van der Waals surface area contributed by atoms with Gasteiger partial charge >= 0.3 is 0 Å². The molecule has 0 amide bonds. The van der Waals surface area contributed by atoms with Crippen molar-refractivity contribution in [3.8, 4) is 62.1 Å². The van der Waals surface area contributed by atoms with E-state index in [-0.39, 0.29) is 0 Å². The van der Waals surface area contributed by atoms with Gasteiger partial charge in [0, 0.05) is 43.9 Å². The smallest absolute Gasteiger partial charge is 0.164 e. The molecule has 12 aromatic rings. The Morgan fingerprint density at radius 1 is 0.333 bits per heavy atom. The summed E-state index contributed by atoms with van der Waals surface area (Å²) in [5, 5.41) is 6.81. The standard InChI is InChI=1S/C55H34N4O/c1-2-14-37(15-3-1)43-21-11-24-48-51(43)44-19-6-8-23-47(44)59(48)42-31-29-36(30-32-42)39-17-10-18-40(33-39)53-56-54(41-28-27-35-13-4-5-16-38(35)34-41)58-55(57-53)46-22-12-26-50-52(46)45-20-7-9-25-49(45)60-50/h1-34H. The van der Waals surface area contributed by atoms with Gasteiger partial charge in [0.2, 0.25) is 0 Å². The van der Waals surface area contributed by atoms with E-state index >= 15 is 0 Å². The number of furan rings is 1. The third-order valence-electron chi connectivity index (χ3n) is 11.6. The van der Waals surface area contributed by atoms with E-state index in [1.165, 1.54) is 38.3 Å². The third-order valence-corrected chi connectivity index (χ3v) is 11.6. The summed E-state index contributed by atoms with van der Waals surface area (Å²) in [6.45, 7) is 0. The molecule has 0 saturated heterocycles. The van der Waals surface area contributed by atoms with Gasteiger partial charge in [-0.3, -0.25) is 0 Å². The van der Waals surface area contributed by atoms with Crippen molar-refractivity contribution in [1.82, 2.24) is 19.5 Å². The first-order chi connectivity index (χ1) is 29.7. The quantitative estimate of drug-likeness (QED) is 0.169. The number of hydrogen-bond donors (Lipinski definition) is 0. The molecular weight excluding hydrogens is 733 g/mol. The minimum atomic E-state index is 0.594. The molecule has 3 heterocycles. The Kier molecular flexibility index (Phi) is 7.78. The Morgan fingerprint density at radius 2 is 0.933 bits per heavy atom. The Morgan fingerprint density at radius 3 is 1.80 bits per heavy atom. The van der Waals surface area contributed by atoms with Gasteiger partial charge in [-0.05, 0) is 81.6 Å². The van der Waals surface area contributed by atoms with Crippen LogP contribution in [-0.2, 0) is 0 Å². The van der Waals surface area contributed by atoms with Gasteiger partial charge in [-0.15, -0.1) is 0 Å². The summed E-state index contributed by atoms with van der Waals surface area (Å²) in [5.41, 5.74) is 12.4. The summed E-state index contributed by atoms with van der Waals surface area (Å²) in [7, 11) is 0. The molecular formula is C55H34N4O. The molecule has 0 atom stereocenters. The highest BCUT2D eigenvalue weighted by atomic mass is 16.3. The molecule has 12 rings (SSSR count). The largest absolute Gasteiger partial charge is 0.456 e. The van der Waals surface area contributed by atoms with Crippen LogP contribution in [0.4, 0.5) is 0 Å². The van der Waals surface area contributed by atoms with Crippen LogP contribution < -0.4 is 0 Å². The minimum absolute atomic E-state index is 0.594. The fraction of sp³-hybridized carbons (Fsp3) is 0. The van der Waals surface area contributed by atoms with E-state index in [4.69, 9.17) is 19.4 Å². The van der Waals surface area contributed by atoms with Crippen LogP contribution in [0.5, 0.6) is 0 Å². The average molecular weight is 767 g/mol. The lowest BCUT2D eigenvalue weighted by atomic mass is 9.99. The maximum absolute atomic E-state index is 6.28. The number of benzene rings is 9. The number of fused-ring (bicyclic) bond motifs is 7. The summed E-state index contributed by atoms with van der Waals surface area (Å²) in [5.74, 6) is 1.81. The lowest BCUT2D eigenvalue weighted by molar-refractivity contribution is 0.669. The van der Waals surface area contributed by atoms with E-state index in [1.54, 1.807) is 0 Å². The second kappa shape index (κ2) is 13.8. The summed E-state index contributed by atoms with van der Waals surface area (Å²) in [6.07, 6.45) is 0. The van der Waals surface area contributed by atoms with Gasteiger partial charge in [-0.25, -0.2) is 15.0 Å². The molecule has 0 aliphatic rings. The predicted molar refractivity (Wildman–Crippen MR) is 246 cm³/mol. The fourth-order valence-corrected chi connectivity index (χ4v) is 8.84. The first-order valence-corrected chi connectivity index (χ1v) is 20.2. The molecule has 5 nitrogen and oxygen atoms in total. The highest BCUT2D eigenvalue weighted by Crippen LogP contribution is 2.40. The lowest BCUT2D eigenvalue weighted by Crippen LogP contribution is -2.00. The van der Waals surface area contributed by atoms with Crippen LogP contribution in [0, 0.1) is 0 Å². The van der Waals surface area contributed by atoms with Crippen LogP contribution >= 0.6 is 0 Å². The second-order valence-corrected chi connectivity index (χ2v) is 15.2. The van der Waals surface area contributed by atoms with Gasteiger partial charge in [0.15, 0.2) is 17.5 Å². The molecule has 60 heavy (non-hydrogen) atoms. The zero-order chi connectivity index (χ0) is 39.6. The third kappa shape index (κ3) is 5.59. The molecule has 0 bridgehead atoms. The summed E-state index contributed by atoms with van der Waals surface area (Å²) >= 11 is 0. The normalized spacial score (nSPS) is 11.7. The van der Waals surface area contributed by atoms with Crippen molar-refractivity contribution in [3.05, 3.63) is 206 Å². The first-order valence-electron chi connectivity index (χ1n) is 20.2. The first kappa shape index (κ1) is 33.9. The maximum atomic E-state index is 6.28. The van der Waals surface area contributed by atoms with Crippen molar-refractivity contribution in [3.63, 3.8) is 0 Å². The maximum Gasteiger partial charge on any atom is 0.164 e. The van der Waals surface area contributed by atoms with Gasteiger partial charge in [-0.1, -0.05) is 158 Å². The molecule has 0 saturated carbocycles. The van der Waals surface area contributed by atoms with Gasteiger partial charge in [0.05, 0.1) is 11.0 Å². The Balaban J connectivity index is 0.976. The van der Waals surface area contributed by atoms with Crippen LogP contribution in [0.25, 0.3) is 117 Å². The van der Waals surface area contributed by atoms with Crippen LogP contribution in [0.1, 0.15) is 0 Å². The van der Waals surface area contributed by atoms with Crippen molar-refractivity contribution in [2.24, 2.45) is 0 Å². The molecule has 0 spiro atoms. The Bertz CT molecular complexity index is 3600. The van der Waals surface area contributed by atoms with Crippen LogP contribution in [0.2, 0.25) is 0 Å². The molecule has 0 radical (unpaired) electrons. The molecule has 5 heteroatoms. The SMILES string of the molecule is c1ccc(-c2cccc3c2c2ccccc2n3-c2ccc(-c3cccc(-c4nc(-c5ccc6ccccc6c5)nc(-c5cccc6oc7ccccc7c56)n4)c3)cc2)cc1. The molecule has 280 valence electrons. The number of para-hydroxylation sites is 2. The summed E-state index contributed by atoms with van der Waals surface area (Å²) in [6, 6.07) is 72.3. The van der Waals surface area contributed by atoms with Gasteiger partial charge in [-0.2, -0.15) is 0 Å². The summed E-state index contributed by atoms with van der Waals surface area (Å²) in [4.78, 5) is 15.5. The zero-order valence-electron chi connectivity index (χ0n) is 32.3.